The van der Waals surface area contributed by atoms with E-state index >= 15 is 0 Å². The number of hydrogen-bond donors (Lipinski definition) is 0. The SMILES string of the molecule is CN(C)C(=O)C1CN(Cc2cccs2)Cc2ccnn2C1. The van der Waals surface area contributed by atoms with Crippen molar-refractivity contribution >= 4 is 17.2 Å². The highest BCUT2D eigenvalue weighted by Crippen LogP contribution is 2.20. The van der Waals surface area contributed by atoms with E-state index in [0.29, 0.717) is 6.54 Å². The van der Waals surface area contributed by atoms with Crippen LogP contribution >= 0.6 is 11.3 Å². The second kappa shape index (κ2) is 5.99. The van der Waals surface area contributed by atoms with Gasteiger partial charge in [-0.1, -0.05) is 6.07 Å². The van der Waals surface area contributed by atoms with Crippen molar-refractivity contribution in [3.63, 3.8) is 0 Å². The largest absolute Gasteiger partial charge is 0.348 e. The predicted octanol–water partition coefficient (Wildman–Crippen LogP) is 1.66. The minimum atomic E-state index is -0.0406. The Balaban J connectivity index is 1.82. The Morgan fingerprint density at radius 3 is 3.00 bits per heavy atom. The summed E-state index contributed by atoms with van der Waals surface area (Å²) in [6.45, 7) is 3.17. The normalized spacial score (nSPS) is 19.0. The van der Waals surface area contributed by atoms with E-state index in [1.54, 1.807) is 16.2 Å². The number of hydrogen-bond acceptors (Lipinski definition) is 4. The Morgan fingerprint density at radius 2 is 2.29 bits per heavy atom. The maximum absolute atomic E-state index is 12.4. The molecule has 1 amide bonds. The monoisotopic (exact) mass is 304 g/mol. The maximum Gasteiger partial charge on any atom is 0.228 e. The van der Waals surface area contributed by atoms with E-state index in [2.05, 4.69) is 27.5 Å². The van der Waals surface area contributed by atoms with E-state index in [1.165, 1.54) is 10.6 Å². The van der Waals surface area contributed by atoms with Crippen molar-refractivity contribution in [2.24, 2.45) is 5.92 Å². The second-order valence-corrected chi connectivity index (χ2v) is 6.72. The first-order chi connectivity index (χ1) is 10.1. The summed E-state index contributed by atoms with van der Waals surface area (Å²) in [5.41, 5.74) is 1.18. The molecule has 112 valence electrons. The lowest BCUT2D eigenvalue weighted by molar-refractivity contribution is -0.134. The molecule has 3 heterocycles. The van der Waals surface area contributed by atoms with Crippen LogP contribution < -0.4 is 0 Å². The first kappa shape index (κ1) is 14.3. The number of aromatic nitrogens is 2. The van der Waals surface area contributed by atoms with Gasteiger partial charge in [-0.05, 0) is 17.5 Å². The number of fused-ring (bicyclic) bond motifs is 1. The van der Waals surface area contributed by atoms with E-state index in [4.69, 9.17) is 0 Å². The second-order valence-electron chi connectivity index (χ2n) is 5.68. The molecule has 1 atom stereocenters. The maximum atomic E-state index is 12.4. The third kappa shape index (κ3) is 3.16. The summed E-state index contributed by atoms with van der Waals surface area (Å²) >= 11 is 1.76. The average molecular weight is 304 g/mol. The number of amides is 1. The zero-order valence-corrected chi connectivity index (χ0v) is 13.2. The molecule has 0 aromatic carbocycles. The van der Waals surface area contributed by atoms with Gasteiger partial charge in [-0.3, -0.25) is 14.4 Å². The van der Waals surface area contributed by atoms with Crippen LogP contribution in [0.1, 0.15) is 10.6 Å². The van der Waals surface area contributed by atoms with Gasteiger partial charge in [0.05, 0.1) is 18.2 Å². The molecule has 5 nitrogen and oxygen atoms in total. The number of carbonyl (C=O) groups excluding carboxylic acids is 1. The molecule has 0 bridgehead atoms. The molecule has 0 fully saturated rings. The lowest BCUT2D eigenvalue weighted by Gasteiger charge is -2.24. The minimum absolute atomic E-state index is 0.0406. The molecule has 0 spiro atoms. The molecule has 0 saturated heterocycles. The van der Waals surface area contributed by atoms with Crippen LogP contribution in [0.4, 0.5) is 0 Å². The van der Waals surface area contributed by atoms with E-state index in [0.717, 1.165) is 19.6 Å². The summed E-state index contributed by atoms with van der Waals surface area (Å²) in [7, 11) is 3.64. The van der Waals surface area contributed by atoms with Gasteiger partial charge in [0.1, 0.15) is 0 Å². The van der Waals surface area contributed by atoms with E-state index in [-0.39, 0.29) is 11.8 Å². The molecule has 2 aromatic heterocycles. The Morgan fingerprint density at radius 1 is 1.43 bits per heavy atom. The number of nitrogens with zero attached hydrogens (tertiary/aromatic N) is 4. The van der Waals surface area contributed by atoms with Crippen molar-refractivity contribution in [3.05, 3.63) is 40.3 Å². The van der Waals surface area contributed by atoms with Gasteiger partial charge < -0.3 is 4.90 Å². The van der Waals surface area contributed by atoms with Crippen LogP contribution in [-0.4, -0.2) is 46.1 Å². The first-order valence-corrected chi connectivity index (χ1v) is 7.98. The molecule has 1 aliphatic heterocycles. The van der Waals surface area contributed by atoms with Gasteiger partial charge >= 0.3 is 0 Å². The van der Waals surface area contributed by atoms with Crippen molar-refractivity contribution < 1.29 is 4.79 Å². The zero-order valence-electron chi connectivity index (χ0n) is 12.4. The van der Waals surface area contributed by atoms with Gasteiger partial charge in [0.15, 0.2) is 0 Å². The standard InChI is InChI=1S/C15H20N4OS/c1-17(2)15(20)12-8-18(11-14-4-3-7-21-14)10-13-5-6-16-19(13)9-12/h3-7,12H,8-11H2,1-2H3. The van der Waals surface area contributed by atoms with Crippen molar-refractivity contribution in [2.75, 3.05) is 20.6 Å². The van der Waals surface area contributed by atoms with Gasteiger partial charge in [0, 0.05) is 44.8 Å². The molecule has 6 heteroatoms. The molecule has 0 N–H and O–H groups in total. The van der Waals surface area contributed by atoms with Crippen LogP contribution in [0.3, 0.4) is 0 Å². The van der Waals surface area contributed by atoms with Gasteiger partial charge in [0.2, 0.25) is 5.91 Å². The van der Waals surface area contributed by atoms with Crippen LogP contribution in [0.2, 0.25) is 0 Å². The van der Waals surface area contributed by atoms with Crippen molar-refractivity contribution in [3.8, 4) is 0 Å². The number of thiophene rings is 1. The fourth-order valence-corrected chi connectivity index (χ4v) is 3.54. The molecule has 0 aliphatic carbocycles. The molecular formula is C15H20N4OS. The lowest BCUT2D eigenvalue weighted by atomic mass is 10.1. The van der Waals surface area contributed by atoms with Crippen molar-refractivity contribution in [2.45, 2.75) is 19.6 Å². The average Bonchev–Trinajstić information content (AvgIpc) is 3.07. The van der Waals surface area contributed by atoms with Crippen LogP contribution in [0.15, 0.2) is 29.8 Å². The molecule has 0 radical (unpaired) electrons. The first-order valence-electron chi connectivity index (χ1n) is 7.10. The lowest BCUT2D eigenvalue weighted by Crippen LogP contribution is -2.38. The summed E-state index contributed by atoms with van der Waals surface area (Å²) < 4.78 is 1.97. The van der Waals surface area contributed by atoms with Crippen LogP contribution in [0.25, 0.3) is 0 Å². The molecule has 1 aliphatic rings. The minimum Gasteiger partial charge on any atom is -0.348 e. The summed E-state index contributed by atoms with van der Waals surface area (Å²) in [6, 6.07) is 6.27. The Bertz CT molecular complexity index is 605. The Labute approximate surface area is 128 Å². The smallest absolute Gasteiger partial charge is 0.228 e. The van der Waals surface area contributed by atoms with Crippen LogP contribution in [0, 0.1) is 5.92 Å². The van der Waals surface area contributed by atoms with Gasteiger partial charge in [-0.15, -0.1) is 11.3 Å². The van der Waals surface area contributed by atoms with Crippen LogP contribution in [-0.2, 0) is 24.4 Å². The van der Waals surface area contributed by atoms with E-state index in [1.807, 2.05) is 31.0 Å². The highest BCUT2D eigenvalue weighted by atomic mass is 32.1. The third-order valence-corrected chi connectivity index (χ3v) is 4.67. The summed E-state index contributed by atoms with van der Waals surface area (Å²) in [5.74, 6) is 0.135. The third-order valence-electron chi connectivity index (χ3n) is 3.81. The molecular weight excluding hydrogens is 284 g/mol. The fraction of sp³-hybridized carbons (Fsp3) is 0.467. The van der Waals surface area contributed by atoms with Gasteiger partial charge in [-0.2, -0.15) is 5.10 Å². The predicted molar refractivity (Wildman–Crippen MR) is 82.8 cm³/mol. The van der Waals surface area contributed by atoms with Gasteiger partial charge in [0.25, 0.3) is 0 Å². The van der Waals surface area contributed by atoms with Gasteiger partial charge in [-0.25, -0.2) is 0 Å². The summed E-state index contributed by atoms with van der Waals surface area (Å²) in [5, 5.41) is 6.46. The molecule has 21 heavy (non-hydrogen) atoms. The van der Waals surface area contributed by atoms with Crippen molar-refractivity contribution in [1.29, 1.82) is 0 Å². The van der Waals surface area contributed by atoms with E-state index < -0.39 is 0 Å². The molecule has 3 rings (SSSR count). The van der Waals surface area contributed by atoms with Crippen LogP contribution in [0.5, 0.6) is 0 Å². The summed E-state index contributed by atoms with van der Waals surface area (Å²) in [4.78, 5) is 17.8. The number of carbonyl (C=O) groups is 1. The highest BCUT2D eigenvalue weighted by molar-refractivity contribution is 7.09. The molecule has 1 unspecified atom stereocenters. The fourth-order valence-electron chi connectivity index (χ4n) is 2.80. The van der Waals surface area contributed by atoms with Crippen molar-refractivity contribution in [1.82, 2.24) is 19.6 Å². The quantitative estimate of drug-likeness (QED) is 0.866. The zero-order chi connectivity index (χ0) is 14.8. The topological polar surface area (TPSA) is 41.4 Å². The highest BCUT2D eigenvalue weighted by Gasteiger charge is 2.28. The molecule has 0 saturated carbocycles. The molecule has 2 aromatic rings. The Hall–Kier alpha value is -1.66. The van der Waals surface area contributed by atoms with E-state index in [9.17, 15) is 4.79 Å². The number of rotatable bonds is 3. The Kier molecular flexibility index (Phi) is 4.07. The summed E-state index contributed by atoms with van der Waals surface area (Å²) in [6.07, 6.45) is 1.82.